The van der Waals surface area contributed by atoms with E-state index in [1.807, 2.05) is 30.3 Å². The van der Waals surface area contributed by atoms with Crippen molar-refractivity contribution in [2.75, 3.05) is 24.7 Å². The molecule has 6 heteroatoms. The van der Waals surface area contributed by atoms with E-state index in [4.69, 9.17) is 9.47 Å². The second-order valence-corrected chi connectivity index (χ2v) is 8.26. The fraction of sp³-hybridized carbons (Fsp3) is 0.348. The molecule has 0 N–H and O–H groups in total. The smallest absolute Gasteiger partial charge is 0.231 e. The van der Waals surface area contributed by atoms with Crippen LogP contribution < -0.4 is 4.90 Å². The highest BCUT2D eigenvalue weighted by molar-refractivity contribution is 9.15. The summed E-state index contributed by atoms with van der Waals surface area (Å²) in [6.07, 6.45) is 1.20. The Morgan fingerprint density at radius 1 is 1.28 bits per heavy atom. The quantitative estimate of drug-likeness (QED) is 0.632. The van der Waals surface area contributed by atoms with E-state index in [9.17, 15) is 9.18 Å². The summed E-state index contributed by atoms with van der Waals surface area (Å²) in [5.74, 6) is -0.292. The predicted molar refractivity (Wildman–Crippen MR) is 114 cm³/mol. The van der Waals surface area contributed by atoms with E-state index in [2.05, 4.69) is 15.9 Å². The summed E-state index contributed by atoms with van der Waals surface area (Å²) in [7, 11) is 0. The molecular formula is C23H23BrFNO3. The summed E-state index contributed by atoms with van der Waals surface area (Å²) < 4.78 is 26.3. The SMILES string of the molecule is Cc1ccc(CN2C(=O)CC(COC3CCOC3)=C(Br)c3ccccc32)cc1F. The predicted octanol–water partition coefficient (Wildman–Crippen LogP) is 4.98. The number of anilines is 1. The number of rotatable bonds is 5. The van der Waals surface area contributed by atoms with Crippen molar-refractivity contribution in [3.8, 4) is 0 Å². The van der Waals surface area contributed by atoms with Crippen LogP contribution in [0.4, 0.5) is 10.1 Å². The molecule has 2 heterocycles. The minimum Gasteiger partial charge on any atom is -0.379 e. The van der Waals surface area contributed by atoms with Crippen LogP contribution in [0, 0.1) is 12.7 Å². The average molecular weight is 460 g/mol. The zero-order valence-corrected chi connectivity index (χ0v) is 17.9. The topological polar surface area (TPSA) is 38.8 Å². The van der Waals surface area contributed by atoms with E-state index in [0.717, 1.165) is 33.3 Å². The van der Waals surface area contributed by atoms with Crippen LogP contribution in [0.3, 0.4) is 0 Å². The molecule has 2 aromatic rings. The minimum atomic E-state index is -0.259. The van der Waals surface area contributed by atoms with Gasteiger partial charge in [0.2, 0.25) is 5.91 Å². The van der Waals surface area contributed by atoms with Crippen LogP contribution in [-0.2, 0) is 20.8 Å². The fourth-order valence-electron chi connectivity index (χ4n) is 3.64. The molecule has 1 amide bonds. The van der Waals surface area contributed by atoms with Crippen molar-refractivity contribution in [1.29, 1.82) is 0 Å². The van der Waals surface area contributed by atoms with Gasteiger partial charge in [0.25, 0.3) is 0 Å². The molecule has 0 aromatic heterocycles. The molecule has 4 nitrogen and oxygen atoms in total. The van der Waals surface area contributed by atoms with Crippen LogP contribution >= 0.6 is 15.9 Å². The first kappa shape index (κ1) is 20.3. The van der Waals surface area contributed by atoms with Crippen molar-refractivity contribution in [3.05, 3.63) is 70.5 Å². The van der Waals surface area contributed by atoms with E-state index in [1.165, 1.54) is 6.07 Å². The average Bonchev–Trinajstić information content (AvgIpc) is 3.22. The number of halogens is 2. The molecule has 0 radical (unpaired) electrons. The second-order valence-electron chi connectivity index (χ2n) is 7.47. The third-order valence-electron chi connectivity index (χ3n) is 5.37. The number of hydrogen-bond acceptors (Lipinski definition) is 3. The van der Waals surface area contributed by atoms with Gasteiger partial charge < -0.3 is 14.4 Å². The maximum atomic E-state index is 14.0. The van der Waals surface area contributed by atoms with E-state index in [-0.39, 0.29) is 24.2 Å². The first-order valence-electron chi connectivity index (χ1n) is 9.74. The Kier molecular flexibility index (Phi) is 6.13. The summed E-state index contributed by atoms with van der Waals surface area (Å²) in [6.45, 7) is 3.74. The van der Waals surface area contributed by atoms with Crippen molar-refractivity contribution in [2.24, 2.45) is 0 Å². The monoisotopic (exact) mass is 459 g/mol. The molecule has 1 fully saturated rings. The summed E-state index contributed by atoms with van der Waals surface area (Å²) >= 11 is 3.70. The number of fused-ring (bicyclic) bond motifs is 1. The van der Waals surface area contributed by atoms with E-state index < -0.39 is 0 Å². The summed E-state index contributed by atoms with van der Waals surface area (Å²) in [5, 5.41) is 0. The normalized spacial score (nSPS) is 19.5. The Bertz CT molecular complexity index is 953. The lowest BCUT2D eigenvalue weighted by atomic mass is 10.1. The lowest BCUT2D eigenvalue weighted by Gasteiger charge is -2.23. The van der Waals surface area contributed by atoms with Gasteiger partial charge in [-0.25, -0.2) is 4.39 Å². The highest BCUT2D eigenvalue weighted by atomic mass is 79.9. The van der Waals surface area contributed by atoms with Crippen LogP contribution in [0.15, 0.2) is 48.0 Å². The third-order valence-corrected chi connectivity index (χ3v) is 6.35. The standard InChI is InChI=1S/C23H23BrFNO3/c1-15-6-7-16(10-20(15)25)12-26-21-5-3-2-4-19(21)23(24)17(11-22(26)27)13-29-18-8-9-28-14-18/h2-7,10,18H,8-9,11-14H2,1H3. The fourth-order valence-corrected chi connectivity index (χ4v) is 4.23. The molecule has 4 rings (SSSR count). The number of aryl methyl sites for hydroxylation is 1. The van der Waals surface area contributed by atoms with E-state index >= 15 is 0 Å². The molecule has 152 valence electrons. The number of nitrogens with zero attached hydrogens (tertiary/aromatic N) is 1. The van der Waals surface area contributed by atoms with Crippen molar-refractivity contribution in [2.45, 2.75) is 32.4 Å². The number of amides is 1. The number of para-hydroxylation sites is 1. The van der Waals surface area contributed by atoms with Gasteiger partial charge in [0.1, 0.15) is 5.82 Å². The molecule has 2 aliphatic heterocycles. The molecule has 2 aliphatic rings. The highest BCUT2D eigenvalue weighted by Gasteiger charge is 2.28. The molecule has 0 spiro atoms. The molecule has 1 atom stereocenters. The van der Waals surface area contributed by atoms with Gasteiger partial charge in [-0.1, -0.05) is 46.3 Å². The maximum Gasteiger partial charge on any atom is 0.231 e. The van der Waals surface area contributed by atoms with Crippen molar-refractivity contribution in [1.82, 2.24) is 0 Å². The summed E-state index contributed by atoms with van der Waals surface area (Å²) in [4.78, 5) is 14.9. The minimum absolute atomic E-state index is 0.0332. The third kappa shape index (κ3) is 4.44. The largest absolute Gasteiger partial charge is 0.379 e. The summed E-state index contributed by atoms with van der Waals surface area (Å²) in [5.41, 5.74) is 4.01. The first-order valence-corrected chi connectivity index (χ1v) is 10.5. The molecule has 0 bridgehead atoms. The lowest BCUT2D eigenvalue weighted by Crippen LogP contribution is -2.30. The van der Waals surface area contributed by atoms with Gasteiger partial charge in [-0.15, -0.1) is 0 Å². The Morgan fingerprint density at radius 3 is 2.86 bits per heavy atom. The maximum absolute atomic E-state index is 14.0. The van der Waals surface area contributed by atoms with Gasteiger partial charge in [-0.2, -0.15) is 0 Å². The Balaban J connectivity index is 1.62. The number of carbonyl (C=O) groups is 1. The van der Waals surface area contributed by atoms with Crippen molar-refractivity contribution < 1.29 is 18.7 Å². The first-order chi connectivity index (χ1) is 14.0. The van der Waals surface area contributed by atoms with Gasteiger partial charge in [-0.3, -0.25) is 4.79 Å². The zero-order chi connectivity index (χ0) is 20.4. The Labute approximate surface area is 178 Å². The van der Waals surface area contributed by atoms with Crippen LogP contribution in [-0.4, -0.2) is 31.8 Å². The Hall–Kier alpha value is -2.02. The van der Waals surface area contributed by atoms with Gasteiger partial charge in [0, 0.05) is 16.7 Å². The molecule has 1 unspecified atom stereocenters. The molecule has 1 saturated heterocycles. The molecule has 0 aliphatic carbocycles. The highest BCUT2D eigenvalue weighted by Crippen LogP contribution is 2.38. The van der Waals surface area contributed by atoms with Crippen molar-refractivity contribution >= 4 is 32.0 Å². The number of benzene rings is 2. The number of carbonyl (C=O) groups excluding carboxylic acids is 1. The molecule has 2 aromatic carbocycles. The van der Waals surface area contributed by atoms with Gasteiger partial charge >= 0.3 is 0 Å². The lowest BCUT2D eigenvalue weighted by molar-refractivity contribution is -0.118. The van der Waals surface area contributed by atoms with Crippen LogP contribution in [0.25, 0.3) is 4.48 Å². The second kappa shape index (κ2) is 8.78. The van der Waals surface area contributed by atoms with Crippen LogP contribution in [0.2, 0.25) is 0 Å². The Morgan fingerprint density at radius 2 is 2.10 bits per heavy atom. The molecule has 29 heavy (non-hydrogen) atoms. The number of hydrogen-bond donors (Lipinski definition) is 0. The van der Waals surface area contributed by atoms with E-state index in [0.29, 0.717) is 31.9 Å². The summed E-state index contributed by atoms with van der Waals surface area (Å²) in [6, 6.07) is 12.9. The van der Waals surface area contributed by atoms with Gasteiger partial charge in [0.05, 0.1) is 38.0 Å². The van der Waals surface area contributed by atoms with Gasteiger partial charge in [0.15, 0.2) is 0 Å². The molecular weight excluding hydrogens is 437 g/mol. The van der Waals surface area contributed by atoms with Crippen LogP contribution in [0.5, 0.6) is 0 Å². The van der Waals surface area contributed by atoms with E-state index in [1.54, 1.807) is 17.9 Å². The molecule has 0 saturated carbocycles. The van der Waals surface area contributed by atoms with Crippen molar-refractivity contribution in [3.63, 3.8) is 0 Å². The number of ether oxygens (including phenoxy) is 2. The van der Waals surface area contributed by atoms with Crippen LogP contribution in [0.1, 0.15) is 29.5 Å². The zero-order valence-electron chi connectivity index (χ0n) is 16.3. The van der Waals surface area contributed by atoms with Gasteiger partial charge in [-0.05, 0) is 42.2 Å².